The molecule has 0 fully saturated rings. The Bertz CT molecular complexity index is 1360. The zero-order valence-electron chi connectivity index (χ0n) is 42.0. The van der Waals surface area contributed by atoms with Gasteiger partial charge in [0.1, 0.15) is 13.2 Å². The Labute approximate surface area is 400 Å². The van der Waals surface area contributed by atoms with Crippen molar-refractivity contribution in [2.24, 2.45) is 0 Å². The second-order valence-corrected chi connectivity index (χ2v) is 17.0. The van der Waals surface area contributed by atoms with Gasteiger partial charge in [-0.3, -0.25) is 14.4 Å². The van der Waals surface area contributed by atoms with Crippen molar-refractivity contribution in [1.82, 2.24) is 0 Å². The molecule has 0 aromatic rings. The summed E-state index contributed by atoms with van der Waals surface area (Å²) in [5.74, 6) is -1.06. The van der Waals surface area contributed by atoms with Gasteiger partial charge in [0.15, 0.2) is 6.10 Å². The molecule has 0 rings (SSSR count). The first-order chi connectivity index (χ1) is 32.0. The molecule has 0 heterocycles. The third-order valence-electron chi connectivity index (χ3n) is 10.7. The van der Waals surface area contributed by atoms with Crippen molar-refractivity contribution in [3.8, 4) is 0 Å². The summed E-state index contributed by atoms with van der Waals surface area (Å²) < 4.78 is 16.7. The van der Waals surface area contributed by atoms with E-state index in [-0.39, 0.29) is 44.0 Å². The molecule has 0 saturated heterocycles. The molecule has 0 spiro atoms. The molecule has 0 amide bonds. The third-order valence-corrected chi connectivity index (χ3v) is 10.7. The molecule has 0 bridgehead atoms. The number of esters is 3. The zero-order chi connectivity index (χ0) is 47.2. The summed E-state index contributed by atoms with van der Waals surface area (Å²) in [5, 5.41) is 0. The van der Waals surface area contributed by atoms with Crippen molar-refractivity contribution in [3.05, 3.63) is 109 Å². The lowest BCUT2D eigenvalue weighted by atomic mass is 10.1. The van der Waals surface area contributed by atoms with Gasteiger partial charge in [0, 0.05) is 19.3 Å². The summed E-state index contributed by atoms with van der Waals surface area (Å²) in [7, 11) is 0. The maximum absolute atomic E-state index is 12.8. The van der Waals surface area contributed by atoms with Crippen LogP contribution in [-0.2, 0) is 28.6 Å². The van der Waals surface area contributed by atoms with Crippen LogP contribution in [0, 0.1) is 0 Å². The van der Waals surface area contributed by atoms with E-state index in [1.807, 2.05) is 6.08 Å². The number of carbonyl (C=O) groups is 3. The Morgan fingerprint density at radius 3 is 1.11 bits per heavy atom. The Morgan fingerprint density at radius 2 is 0.646 bits per heavy atom. The molecule has 368 valence electrons. The van der Waals surface area contributed by atoms with Gasteiger partial charge in [0.2, 0.25) is 0 Å². The molecule has 0 aromatic carbocycles. The fourth-order valence-electron chi connectivity index (χ4n) is 6.79. The quantitative estimate of drug-likeness (QED) is 0.0262. The number of hydrogen-bond donors (Lipinski definition) is 0. The standard InChI is InChI=1S/C59H96O6/c1-4-7-10-13-16-19-22-25-27-29-31-34-37-40-43-46-49-52-58(61)64-55-56(54-63-57(60)51-48-45-42-39-36-33-24-21-18-15-12-9-6-3)65-59(62)53-50-47-44-41-38-35-32-30-28-26-23-20-17-14-11-8-5-2/h7,10,16-17,19-20,25-28,31,33-34,36,40,42-43,45,56H,4-6,8-9,11-15,18,21-24,29-30,32,35,37-39,41,44,46-55H2,1-3H3/b10-7-,19-16-,20-17-,27-25-,28-26-,34-31-,36-33-,43-40-,45-42-. The van der Waals surface area contributed by atoms with Crippen LogP contribution in [-0.4, -0.2) is 37.2 Å². The summed E-state index contributed by atoms with van der Waals surface area (Å²) in [4.78, 5) is 38.0. The molecule has 1 atom stereocenters. The van der Waals surface area contributed by atoms with E-state index < -0.39 is 6.10 Å². The molecule has 0 radical (unpaired) electrons. The highest BCUT2D eigenvalue weighted by molar-refractivity contribution is 5.71. The fourth-order valence-corrected chi connectivity index (χ4v) is 6.79. The highest BCUT2D eigenvalue weighted by atomic mass is 16.6. The summed E-state index contributed by atoms with van der Waals surface area (Å²) in [6.07, 6.45) is 70.9. The van der Waals surface area contributed by atoms with Gasteiger partial charge in [0.25, 0.3) is 0 Å². The SMILES string of the molecule is CC/C=C\C/C=C\C/C=C\C/C=C\C/C=C\CCCC(=O)OCC(COC(=O)CC/C=C\C/C=C\CCCCCCCC)OC(=O)CCCCCCCCC/C=C\C/C=C\CCCCC. The largest absolute Gasteiger partial charge is 0.462 e. The lowest BCUT2D eigenvalue weighted by molar-refractivity contribution is -0.166. The molecule has 0 N–H and O–H groups in total. The molecule has 6 nitrogen and oxygen atoms in total. The van der Waals surface area contributed by atoms with E-state index in [9.17, 15) is 14.4 Å². The van der Waals surface area contributed by atoms with E-state index in [1.165, 1.54) is 89.9 Å². The predicted molar refractivity (Wildman–Crippen MR) is 279 cm³/mol. The van der Waals surface area contributed by atoms with E-state index in [4.69, 9.17) is 14.2 Å². The minimum atomic E-state index is -0.829. The fraction of sp³-hybridized carbons (Fsp3) is 0.644. The van der Waals surface area contributed by atoms with Crippen LogP contribution in [0.1, 0.15) is 226 Å². The van der Waals surface area contributed by atoms with Gasteiger partial charge < -0.3 is 14.2 Å². The van der Waals surface area contributed by atoms with Crippen LogP contribution in [0.4, 0.5) is 0 Å². The van der Waals surface area contributed by atoms with Crippen LogP contribution < -0.4 is 0 Å². The predicted octanol–water partition coefficient (Wildman–Crippen LogP) is 17.5. The number of rotatable bonds is 46. The van der Waals surface area contributed by atoms with Crippen molar-refractivity contribution in [1.29, 1.82) is 0 Å². The first kappa shape index (κ1) is 61.1. The molecular formula is C59H96O6. The number of carbonyl (C=O) groups excluding carboxylic acids is 3. The maximum atomic E-state index is 12.8. The van der Waals surface area contributed by atoms with Gasteiger partial charge in [-0.25, -0.2) is 0 Å². The lowest BCUT2D eigenvalue weighted by Gasteiger charge is -2.18. The smallest absolute Gasteiger partial charge is 0.306 e. The second kappa shape index (κ2) is 52.7. The number of unbranched alkanes of at least 4 members (excludes halogenated alkanes) is 17. The van der Waals surface area contributed by atoms with E-state index in [0.29, 0.717) is 19.3 Å². The van der Waals surface area contributed by atoms with E-state index in [2.05, 4.69) is 124 Å². The topological polar surface area (TPSA) is 78.9 Å². The molecule has 1 unspecified atom stereocenters. The average molecular weight is 901 g/mol. The van der Waals surface area contributed by atoms with Gasteiger partial charge in [0.05, 0.1) is 0 Å². The van der Waals surface area contributed by atoms with Crippen LogP contribution in [0.25, 0.3) is 0 Å². The van der Waals surface area contributed by atoms with Gasteiger partial charge in [-0.2, -0.15) is 0 Å². The van der Waals surface area contributed by atoms with Crippen molar-refractivity contribution < 1.29 is 28.6 Å². The average Bonchev–Trinajstić information content (AvgIpc) is 3.30. The summed E-state index contributed by atoms with van der Waals surface area (Å²) in [6.45, 7) is 6.37. The molecular weight excluding hydrogens is 805 g/mol. The van der Waals surface area contributed by atoms with Gasteiger partial charge in [-0.15, -0.1) is 0 Å². The van der Waals surface area contributed by atoms with Crippen LogP contribution in [0.15, 0.2) is 109 Å². The molecule has 0 aliphatic carbocycles. The minimum Gasteiger partial charge on any atom is -0.462 e. The Hall–Kier alpha value is -3.93. The minimum absolute atomic E-state index is 0.130. The molecule has 0 aliphatic rings. The maximum Gasteiger partial charge on any atom is 0.306 e. The first-order valence-electron chi connectivity index (χ1n) is 26.4. The Kier molecular flexibility index (Phi) is 49.5. The summed E-state index contributed by atoms with van der Waals surface area (Å²) in [6, 6.07) is 0. The molecule has 0 saturated carbocycles. The van der Waals surface area contributed by atoms with Gasteiger partial charge in [-0.05, 0) is 109 Å². The number of ether oxygens (including phenoxy) is 3. The van der Waals surface area contributed by atoms with Crippen molar-refractivity contribution in [2.75, 3.05) is 13.2 Å². The highest BCUT2D eigenvalue weighted by Gasteiger charge is 2.19. The van der Waals surface area contributed by atoms with Crippen molar-refractivity contribution in [3.63, 3.8) is 0 Å². The molecule has 0 aromatic heterocycles. The summed E-state index contributed by atoms with van der Waals surface area (Å²) in [5.41, 5.74) is 0. The van der Waals surface area contributed by atoms with Crippen LogP contribution in [0.2, 0.25) is 0 Å². The first-order valence-corrected chi connectivity index (χ1v) is 26.4. The zero-order valence-corrected chi connectivity index (χ0v) is 42.0. The monoisotopic (exact) mass is 901 g/mol. The normalized spacial score (nSPS) is 13.0. The van der Waals surface area contributed by atoms with Crippen molar-refractivity contribution >= 4 is 17.9 Å². The lowest BCUT2D eigenvalue weighted by Crippen LogP contribution is -2.30. The third kappa shape index (κ3) is 50.9. The van der Waals surface area contributed by atoms with Gasteiger partial charge >= 0.3 is 17.9 Å². The molecule has 0 aliphatic heterocycles. The molecule has 6 heteroatoms. The van der Waals surface area contributed by atoms with Crippen LogP contribution in [0.3, 0.4) is 0 Å². The Morgan fingerprint density at radius 1 is 0.323 bits per heavy atom. The van der Waals surface area contributed by atoms with E-state index >= 15 is 0 Å². The number of allylic oxidation sites excluding steroid dienone is 18. The van der Waals surface area contributed by atoms with Crippen LogP contribution >= 0.6 is 0 Å². The van der Waals surface area contributed by atoms with Gasteiger partial charge in [-0.1, -0.05) is 207 Å². The van der Waals surface area contributed by atoms with Crippen LogP contribution in [0.5, 0.6) is 0 Å². The summed E-state index contributed by atoms with van der Waals surface area (Å²) >= 11 is 0. The van der Waals surface area contributed by atoms with E-state index in [0.717, 1.165) is 83.5 Å². The number of hydrogen-bond acceptors (Lipinski definition) is 6. The molecule has 65 heavy (non-hydrogen) atoms. The second-order valence-electron chi connectivity index (χ2n) is 17.0. The Balaban J connectivity index is 4.56. The van der Waals surface area contributed by atoms with Crippen molar-refractivity contribution in [2.45, 2.75) is 232 Å². The highest BCUT2D eigenvalue weighted by Crippen LogP contribution is 2.13. The van der Waals surface area contributed by atoms with E-state index in [1.54, 1.807) is 0 Å².